The molecule has 0 saturated heterocycles. The number of nitrogens with one attached hydrogen (secondary N) is 1. The standard InChI is InChI=1S/C20H22N4OS/c1-3-24(18-9-7-15(2)8-10-18)23-19(25)12-17-14-26-20(22-17)13-16-6-4-5-11-21-16/h4-11,14H,3,12-13H2,1-2H3,(H,23,25). The Labute approximate surface area is 157 Å². The first-order chi connectivity index (χ1) is 12.6. The van der Waals surface area contributed by atoms with Crippen molar-refractivity contribution in [2.45, 2.75) is 26.7 Å². The predicted octanol–water partition coefficient (Wildman–Crippen LogP) is 3.54. The molecule has 5 nitrogen and oxygen atoms in total. The molecule has 1 amide bonds. The van der Waals surface area contributed by atoms with Crippen LogP contribution in [0.3, 0.4) is 0 Å². The van der Waals surface area contributed by atoms with Crippen LogP contribution in [0, 0.1) is 6.92 Å². The molecule has 0 aliphatic heterocycles. The van der Waals surface area contributed by atoms with E-state index in [4.69, 9.17) is 0 Å². The number of hydrazine groups is 1. The highest BCUT2D eigenvalue weighted by atomic mass is 32.1. The number of carbonyl (C=O) groups excluding carboxylic acids is 1. The summed E-state index contributed by atoms with van der Waals surface area (Å²) in [7, 11) is 0. The lowest BCUT2D eigenvalue weighted by atomic mass is 10.2. The first kappa shape index (κ1) is 18.1. The van der Waals surface area contributed by atoms with E-state index in [1.807, 2.05) is 66.7 Å². The second kappa shape index (κ2) is 8.58. The molecule has 0 aliphatic rings. The second-order valence-corrected chi connectivity index (χ2v) is 6.96. The zero-order valence-corrected chi connectivity index (χ0v) is 15.8. The van der Waals surface area contributed by atoms with E-state index in [0.717, 1.165) is 22.1 Å². The molecule has 6 heteroatoms. The van der Waals surface area contributed by atoms with E-state index in [2.05, 4.69) is 15.4 Å². The van der Waals surface area contributed by atoms with Crippen LogP contribution in [0.1, 0.15) is 28.9 Å². The van der Waals surface area contributed by atoms with Crippen LogP contribution >= 0.6 is 11.3 Å². The summed E-state index contributed by atoms with van der Waals surface area (Å²) in [5.41, 5.74) is 6.89. The number of pyridine rings is 1. The predicted molar refractivity (Wildman–Crippen MR) is 105 cm³/mol. The first-order valence-electron chi connectivity index (χ1n) is 8.61. The summed E-state index contributed by atoms with van der Waals surface area (Å²) in [5, 5.41) is 4.76. The van der Waals surface area contributed by atoms with Gasteiger partial charge in [0.2, 0.25) is 5.91 Å². The highest BCUT2D eigenvalue weighted by Gasteiger charge is 2.12. The summed E-state index contributed by atoms with van der Waals surface area (Å²) in [5.74, 6) is -0.0675. The molecule has 26 heavy (non-hydrogen) atoms. The van der Waals surface area contributed by atoms with Gasteiger partial charge in [-0.15, -0.1) is 11.3 Å². The molecule has 0 spiro atoms. The van der Waals surface area contributed by atoms with Crippen molar-refractivity contribution in [2.75, 3.05) is 11.6 Å². The molecule has 3 rings (SSSR count). The number of amides is 1. The van der Waals surface area contributed by atoms with Crippen molar-refractivity contribution in [3.05, 3.63) is 76.0 Å². The van der Waals surface area contributed by atoms with E-state index in [9.17, 15) is 4.79 Å². The zero-order chi connectivity index (χ0) is 18.4. The summed E-state index contributed by atoms with van der Waals surface area (Å²) in [4.78, 5) is 21.3. The molecular weight excluding hydrogens is 344 g/mol. The van der Waals surface area contributed by atoms with Gasteiger partial charge in [0.05, 0.1) is 22.8 Å². The third-order valence-corrected chi connectivity index (χ3v) is 4.82. The summed E-state index contributed by atoms with van der Waals surface area (Å²) >= 11 is 1.56. The summed E-state index contributed by atoms with van der Waals surface area (Å²) in [6.07, 6.45) is 2.74. The number of rotatable bonds is 7. The van der Waals surface area contributed by atoms with Crippen molar-refractivity contribution in [3.8, 4) is 0 Å². The molecule has 2 heterocycles. The number of aromatic nitrogens is 2. The van der Waals surface area contributed by atoms with Crippen molar-refractivity contribution in [1.29, 1.82) is 0 Å². The largest absolute Gasteiger partial charge is 0.286 e. The van der Waals surface area contributed by atoms with Gasteiger partial charge in [-0.25, -0.2) is 4.98 Å². The van der Waals surface area contributed by atoms with E-state index >= 15 is 0 Å². The Hall–Kier alpha value is -2.73. The van der Waals surface area contributed by atoms with Gasteiger partial charge in [0.25, 0.3) is 0 Å². The molecule has 0 bridgehead atoms. The molecule has 0 radical (unpaired) electrons. The van der Waals surface area contributed by atoms with Crippen molar-refractivity contribution in [3.63, 3.8) is 0 Å². The Morgan fingerprint density at radius 2 is 1.96 bits per heavy atom. The van der Waals surface area contributed by atoms with Crippen LogP contribution in [0.15, 0.2) is 54.0 Å². The van der Waals surface area contributed by atoms with Crippen molar-refractivity contribution in [2.24, 2.45) is 0 Å². The normalized spacial score (nSPS) is 10.5. The first-order valence-corrected chi connectivity index (χ1v) is 9.49. The van der Waals surface area contributed by atoms with Crippen LogP contribution in [-0.4, -0.2) is 22.4 Å². The molecule has 0 saturated carbocycles. The number of hydrogen-bond donors (Lipinski definition) is 1. The molecule has 0 aliphatic carbocycles. The van der Waals surface area contributed by atoms with Crippen LogP contribution < -0.4 is 10.4 Å². The van der Waals surface area contributed by atoms with E-state index in [1.165, 1.54) is 5.56 Å². The Morgan fingerprint density at radius 1 is 1.15 bits per heavy atom. The van der Waals surface area contributed by atoms with Gasteiger partial charge >= 0.3 is 0 Å². The van der Waals surface area contributed by atoms with Gasteiger partial charge in [-0.2, -0.15) is 0 Å². The number of benzene rings is 1. The second-order valence-electron chi connectivity index (χ2n) is 6.02. The third kappa shape index (κ3) is 4.89. The van der Waals surface area contributed by atoms with Crippen molar-refractivity contribution >= 4 is 22.9 Å². The van der Waals surface area contributed by atoms with Crippen LogP contribution in [0.25, 0.3) is 0 Å². The number of hydrogen-bond acceptors (Lipinski definition) is 5. The molecule has 0 atom stereocenters. The van der Waals surface area contributed by atoms with Crippen LogP contribution in [0.5, 0.6) is 0 Å². The van der Waals surface area contributed by atoms with Gasteiger partial charge < -0.3 is 0 Å². The number of nitrogens with zero attached hydrogens (tertiary/aromatic N) is 3. The Morgan fingerprint density at radius 3 is 2.65 bits per heavy atom. The van der Waals surface area contributed by atoms with Crippen LogP contribution in [-0.2, 0) is 17.6 Å². The fourth-order valence-electron chi connectivity index (χ4n) is 2.57. The van der Waals surface area contributed by atoms with Crippen LogP contribution in [0.4, 0.5) is 5.69 Å². The summed E-state index contributed by atoms with van der Waals surface area (Å²) in [6, 6.07) is 13.9. The minimum Gasteiger partial charge on any atom is -0.286 e. The lowest BCUT2D eigenvalue weighted by molar-refractivity contribution is -0.120. The summed E-state index contributed by atoms with van der Waals surface area (Å²) < 4.78 is 0. The molecule has 134 valence electrons. The minimum absolute atomic E-state index is 0.0675. The molecule has 0 unspecified atom stereocenters. The number of thiazole rings is 1. The maximum absolute atomic E-state index is 12.4. The topological polar surface area (TPSA) is 58.1 Å². The van der Waals surface area contributed by atoms with Gasteiger partial charge in [0.15, 0.2) is 0 Å². The molecular formula is C20H22N4OS. The average Bonchev–Trinajstić information content (AvgIpc) is 3.08. The van der Waals surface area contributed by atoms with Gasteiger partial charge in [0, 0.05) is 30.2 Å². The summed E-state index contributed by atoms with van der Waals surface area (Å²) in [6.45, 7) is 4.74. The maximum Gasteiger partial charge on any atom is 0.244 e. The fourth-order valence-corrected chi connectivity index (χ4v) is 3.38. The van der Waals surface area contributed by atoms with E-state index in [-0.39, 0.29) is 12.3 Å². The molecule has 1 aromatic carbocycles. The monoisotopic (exact) mass is 366 g/mol. The Bertz CT molecular complexity index is 846. The molecule has 1 N–H and O–H groups in total. The third-order valence-electron chi connectivity index (χ3n) is 3.92. The Balaban J connectivity index is 1.58. The van der Waals surface area contributed by atoms with E-state index < -0.39 is 0 Å². The SMILES string of the molecule is CCN(NC(=O)Cc1csc(Cc2ccccn2)n1)c1ccc(C)cc1. The van der Waals surface area contributed by atoms with E-state index in [1.54, 1.807) is 17.5 Å². The van der Waals surface area contributed by atoms with Crippen molar-refractivity contribution in [1.82, 2.24) is 15.4 Å². The molecule has 2 aromatic heterocycles. The Kier molecular flexibility index (Phi) is 5.96. The average molecular weight is 366 g/mol. The quantitative estimate of drug-likeness (QED) is 0.650. The lowest BCUT2D eigenvalue weighted by Gasteiger charge is -2.23. The number of carbonyl (C=O) groups is 1. The van der Waals surface area contributed by atoms with Crippen LogP contribution in [0.2, 0.25) is 0 Å². The smallest absolute Gasteiger partial charge is 0.244 e. The lowest BCUT2D eigenvalue weighted by Crippen LogP contribution is -2.43. The number of aryl methyl sites for hydroxylation is 1. The van der Waals surface area contributed by atoms with Gasteiger partial charge in [-0.1, -0.05) is 23.8 Å². The molecule has 0 fully saturated rings. The van der Waals surface area contributed by atoms with Crippen molar-refractivity contribution < 1.29 is 4.79 Å². The van der Waals surface area contributed by atoms with Gasteiger partial charge in [-0.3, -0.25) is 20.2 Å². The fraction of sp³-hybridized carbons (Fsp3) is 0.250. The minimum atomic E-state index is -0.0675. The van der Waals surface area contributed by atoms with Gasteiger partial charge in [-0.05, 0) is 38.1 Å². The van der Waals surface area contributed by atoms with E-state index in [0.29, 0.717) is 13.0 Å². The highest BCUT2D eigenvalue weighted by Crippen LogP contribution is 2.15. The number of anilines is 1. The maximum atomic E-state index is 12.4. The highest BCUT2D eigenvalue weighted by molar-refractivity contribution is 7.09. The zero-order valence-electron chi connectivity index (χ0n) is 15.0. The van der Waals surface area contributed by atoms with Gasteiger partial charge in [0.1, 0.15) is 0 Å². The molecule has 3 aromatic rings.